The van der Waals surface area contributed by atoms with Gasteiger partial charge in [-0.05, 0) is 68.3 Å². The van der Waals surface area contributed by atoms with Crippen LogP contribution in [0.3, 0.4) is 0 Å². The Hall–Kier alpha value is -4.14. The van der Waals surface area contributed by atoms with E-state index < -0.39 is 0 Å². The molecule has 0 saturated heterocycles. The predicted molar refractivity (Wildman–Crippen MR) is 119 cm³/mol. The zero-order chi connectivity index (χ0) is 22.2. The van der Waals surface area contributed by atoms with Gasteiger partial charge in [0, 0.05) is 29.1 Å². The van der Waals surface area contributed by atoms with Crippen molar-refractivity contribution in [2.45, 2.75) is 26.7 Å². The first kappa shape index (κ1) is 19.8. The van der Waals surface area contributed by atoms with E-state index in [4.69, 9.17) is 0 Å². The molecule has 0 aliphatic heterocycles. The SMILES string of the molecule is Cc1nc2ncnn2c(C)c1CCC(=O)Nc1ccc2nc(-c3ccc(F)cc3)[nH]c2c1. The summed E-state index contributed by atoms with van der Waals surface area (Å²) >= 11 is 0. The Morgan fingerprint density at radius 1 is 1.12 bits per heavy atom. The zero-order valence-corrected chi connectivity index (χ0v) is 17.6. The maximum atomic E-state index is 13.2. The number of carbonyl (C=O) groups is 1. The molecular formula is C23H20FN7O. The van der Waals surface area contributed by atoms with Crippen LogP contribution in [0.1, 0.15) is 23.4 Å². The van der Waals surface area contributed by atoms with Crippen LogP contribution in [-0.4, -0.2) is 35.5 Å². The molecule has 0 aliphatic carbocycles. The standard InChI is InChI=1S/C23H20FN7O/c1-13-18(14(2)31-23(27-13)25-12-26-31)8-10-21(32)28-17-7-9-19-20(11-17)30-22(29-19)15-3-5-16(24)6-4-15/h3-7,9,11-12H,8,10H2,1-2H3,(H,28,32)(H,29,30). The number of H-pyrrole nitrogens is 1. The normalized spacial score (nSPS) is 11.3. The minimum absolute atomic E-state index is 0.0971. The molecule has 0 saturated carbocycles. The third-order valence-electron chi connectivity index (χ3n) is 5.47. The van der Waals surface area contributed by atoms with Crippen molar-refractivity contribution < 1.29 is 9.18 Å². The molecule has 0 spiro atoms. The zero-order valence-electron chi connectivity index (χ0n) is 17.6. The topological polar surface area (TPSA) is 101 Å². The van der Waals surface area contributed by atoms with Gasteiger partial charge in [-0.15, -0.1) is 0 Å². The second kappa shape index (κ2) is 7.84. The second-order valence-electron chi connectivity index (χ2n) is 7.61. The first-order chi connectivity index (χ1) is 15.5. The number of hydrogen-bond donors (Lipinski definition) is 2. The lowest BCUT2D eigenvalue weighted by Crippen LogP contribution is -2.14. The summed E-state index contributed by atoms with van der Waals surface area (Å²) in [5.74, 6) is 0.809. The predicted octanol–water partition coefficient (Wildman–Crippen LogP) is 3.99. The average Bonchev–Trinajstić information content (AvgIpc) is 3.40. The smallest absolute Gasteiger partial charge is 0.252 e. The van der Waals surface area contributed by atoms with Crippen molar-refractivity contribution in [2.24, 2.45) is 0 Å². The highest BCUT2D eigenvalue weighted by molar-refractivity contribution is 5.93. The van der Waals surface area contributed by atoms with Gasteiger partial charge in [0.2, 0.25) is 5.91 Å². The van der Waals surface area contributed by atoms with Gasteiger partial charge in [-0.25, -0.2) is 18.9 Å². The van der Waals surface area contributed by atoms with Crippen LogP contribution in [0.4, 0.5) is 10.1 Å². The fourth-order valence-corrected chi connectivity index (χ4v) is 3.81. The van der Waals surface area contributed by atoms with E-state index >= 15 is 0 Å². The van der Waals surface area contributed by atoms with Crippen LogP contribution in [0, 0.1) is 19.7 Å². The number of hydrogen-bond acceptors (Lipinski definition) is 5. The molecule has 0 fully saturated rings. The van der Waals surface area contributed by atoms with Crippen LogP contribution < -0.4 is 5.32 Å². The van der Waals surface area contributed by atoms with Gasteiger partial charge in [0.1, 0.15) is 18.0 Å². The van der Waals surface area contributed by atoms with Crippen molar-refractivity contribution >= 4 is 28.4 Å². The second-order valence-corrected chi connectivity index (χ2v) is 7.61. The number of aromatic amines is 1. The van der Waals surface area contributed by atoms with Gasteiger partial charge in [0.05, 0.1) is 11.0 Å². The van der Waals surface area contributed by atoms with Crippen molar-refractivity contribution in [3.63, 3.8) is 0 Å². The van der Waals surface area contributed by atoms with Crippen molar-refractivity contribution in [3.05, 3.63) is 71.6 Å². The molecule has 0 aliphatic rings. The highest BCUT2D eigenvalue weighted by atomic mass is 19.1. The number of aryl methyl sites for hydroxylation is 2. The Bertz CT molecular complexity index is 1450. The first-order valence-corrected chi connectivity index (χ1v) is 10.2. The largest absolute Gasteiger partial charge is 0.338 e. The van der Waals surface area contributed by atoms with E-state index in [1.165, 1.54) is 18.5 Å². The lowest BCUT2D eigenvalue weighted by molar-refractivity contribution is -0.116. The molecule has 1 amide bonds. The monoisotopic (exact) mass is 429 g/mol. The van der Waals surface area contributed by atoms with Crippen LogP contribution in [0.15, 0.2) is 48.8 Å². The van der Waals surface area contributed by atoms with E-state index in [1.54, 1.807) is 16.6 Å². The van der Waals surface area contributed by atoms with Crippen molar-refractivity contribution in [3.8, 4) is 11.4 Å². The number of benzene rings is 2. The summed E-state index contributed by atoms with van der Waals surface area (Å²) in [4.78, 5) is 28.9. The third-order valence-corrected chi connectivity index (χ3v) is 5.47. The summed E-state index contributed by atoms with van der Waals surface area (Å²) in [7, 11) is 0. The van der Waals surface area contributed by atoms with E-state index in [0.717, 1.165) is 33.5 Å². The number of nitrogens with one attached hydrogen (secondary N) is 2. The number of rotatable bonds is 5. The number of fused-ring (bicyclic) bond motifs is 2. The van der Waals surface area contributed by atoms with Gasteiger partial charge >= 0.3 is 0 Å². The Balaban J connectivity index is 1.30. The lowest BCUT2D eigenvalue weighted by atomic mass is 10.1. The maximum absolute atomic E-state index is 13.2. The van der Waals surface area contributed by atoms with Crippen LogP contribution in [0.5, 0.6) is 0 Å². The number of nitrogens with zero attached hydrogens (tertiary/aromatic N) is 5. The molecule has 5 aromatic rings. The number of amides is 1. The average molecular weight is 429 g/mol. The number of halogens is 1. The minimum atomic E-state index is -0.294. The molecule has 5 rings (SSSR count). The fraction of sp³-hybridized carbons (Fsp3) is 0.174. The van der Waals surface area contributed by atoms with Crippen molar-refractivity contribution in [2.75, 3.05) is 5.32 Å². The van der Waals surface area contributed by atoms with E-state index in [-0.39, 0.29) is 11.7 Å². The van der Waals surface area contributed by atoms with E-state index in [0.29, 0.717) is 30.1 Å². The summed E-state index contributed by atoms with van der Waals surface area (Å²) < 4.78 is 14.9. The van der Waals surface area contributed by atoms with Gasteiger partial charge in [0.15, 0.2) is 0 Å². The third kappa shape index (κ3) is 3.68. The molecule has 9 heteroatoms. The van der Waals surface area contributed by atoms with Gasteiger partial charge in [-0.2, -0.15) is 10.1 Å². The summed E-state index contributed by atoms with van der Waals surface area (Å²) in [6.45, 7) is 3.87. The molecular weight excluding hydrogens is 409 g/mol. The van der Waals surface area contributed by atoms with Crippen molar-refractivity contribution in [1.82, 2.24) is 29.5 Å². The van der Waals surface area contributed by atoms with Gasteiger partial charge in [-0.3, -0.25) is 4.79 Å². The first-order valence-electron chi connectivity index (χ1n) is 10.2. The van der Waals surface area contributed by atoms with Gasteiger partial charge in [-0.1, -0.05) is 0 Å². The molecule has 0 radical (unpaired) electrons. The lowest BCUT2D eigenvalue weighted by Gasteiger charge is -2.10. The van der Waals surface area contributed by atoms with Crippen LogP contribution >= 0.6 is 0 Å². The number of carbonyl (C=O) groups excluding carboxylic acids is 1. The Labute approximate surface area is 182 Å². The van der Waals surface area contributed by atoms with Crippen LogP contribution in [-0.2, 0) is 11.2 Å². The Morgan fingerprint density at radius 3 is 2.75 bits per heavy atom. The van der Waals surface area contributed by atoms with Crippen LogP contribution in [0.25, 0.3) is 28.2 Å². The number of aromatic nitrogens is 6. The molecule has 32 heavy (non-hydrogen) atoms. The fourth-order valence-electron chi connectivity index (χ4n) is 3.81. The molecule has 160 valence electrons. The highest BCUT2D eigenvalue weighted by Crippen LogP contribution is 2.23. The number of anilines is 1. The summed E-state index contributed by atoms with van der Waals surface area (Å²) in [6.07, 6.45) is 2.33. The molecule has 0 atom stereocenters. The molecule has 2 N–H and O–H groups in total. The Kier molecular flexibility index (Phi) is 4.85. The van der Waals surface area contributed by atoms with E-state index in [2.05, 4.69) is 30.4 Å². The summed E-state index contributed by atoms with van der Waals surface area (Å²) in [5, 5.41) is 7.13. The molecule has 8 nitrogen and oxygen atoms in total. The minimum Gasteiger partial charge on any atom is -0.338 e. The van der Waals surface area contributed by atoms with Crippen LogP contribution in [0.2, 0.25) is 0 Å². The Morgan fingerprint density at radius 2 is 1.94 bits per heavy atom. The highest BCUT2D eigenvalue weighted by Gasteiger charge is 2.13. The van der Waals surface area contributed by atoms with Gasteiger partial charge < -0.3 is 10.3 Å². The summed E-state index contributed by atoms with van der Waals surface area (Å²) in [5.41, 5.74) is 5.79. The maximum Gasteiger partial charge on any atom is 0.252 e. The molecule has 0 unspecified atom stereocenters. The molecule has 3 heterocycles. The van der Waals surface area contributed by atoms with Crippen molar-refractivity contribution in [1.29, 1.82) is 0 Å². The number of imidazole rings is 1. The molecule has 0 bridgehead atoms. The molecule has 2 aromatic carbocycles. The van der Waals surface area contributed by atoms with Gasteiger partial charge in [0.25, 0.3) is 5.78 Å². The van der Waals surface area contributed by atoms with E-state index in [1.807, 2.05) is 32.0 Å². The quantitative estimate of drug-likeness (QED) is 0.440. The summed E-state index contributed by atoms with van der Waals surface area (Å²) in [6, 6.07) is 11.6. The van der Waals surface area contributed by atoms with E-state index in [9.17, 15) is 9.18 Å². The molecule has 3 aromatic heterocycles.